The maximum atomic E-state index is 12.5. The molecule has 0 aliphatic carbocycles. The van der Waals surface area contributed by atoms with E-state index in [1.165, 1.54) is 6.07 Å². The maximum Gasteiger partial charge on any atom is 0.242 e. The minimum atomic E-state index is -0.638. The van der Waals surface area contributed by atoms with Crippen molar-refractivity contribution in [2.45, 2.75) is 18.9 Å². The van der Waals surface area contributed by atoms with Gasteiger partial charge in [0.2, 0.25) is 17.8 Å². The first-order chi connectivity index (χ1) is 11.9. The summed E-state index contributed by atoms with van der Waals surface area (Å²) in [5, 5.41) is 5.85. The van der Waals surface area contributed by atoms with Gasteiger partial charge in [0.1, 0.15) is 17.0 Å². The normalized spacial score (nSPS) is 11.6. The number of rotatable bonds is 8. The van der Waals surface area contributed by atoms with Crippen molar-refractivity contribution in [3.8, 4) is 0 Å². The molecule has 2 amide bonds. The number of anilines is 2. The molecule has 2 aromatic rings. The van der Waals surface area contributed by atoms with E-state index in [1.54, 1.807) is 0 Å². The van der Waals surface area contributed by atoms with Gasteiger partial charge in [0.15, 0.2) is 0 Å². The number of nitrogens with zero attached hydrogens (tertiary/aromatic N) is 2. The highest BCUT2D eigenvalue weighted by atomic mass is 35.5. The Kier molecular flexibility index (Phi) is 6.53. The van der Waals surface area contributed by atoms with Gasteiger partial charge in [0.05, 0.1) is 0 Å². The molecule has 0 radical (unpaired) electrons. The molecule has 1 aromatic heterocycles. The molecule has 1 heterocycles. The number of hydrogen-bond donors (Lipinski definition) is 4. The van der Waals surface area contributed by atoms with Gasteiger partial charge in [-0.15, -0.1) is 0 Å². The van der Waals surface area contributed by atoms with Crippen LogP contribution in [0, 0.1) is 0 Å². The van der Waals surface area contributed by atoms with E-state index in [0.29, 0.717) is 12.2 Å². The zero-order chi connectivity index (χ0) is 18.2. The molecule has 8 nitrogen and oxygen atoms in total. The van der Waals surface area contributed by atoms with Gasteiger partial charge in [-0.3, -0.25) is 9.59 Å². The van der Waals surface area contributed by atoms with Crippen LogP contribution >= 0.6 is 11.6 Å². The fourth-order valence-corrected chi connectivity index (χ4v) is 2.37. The van der Waals surface area contributed by atoms with Gasteiger partial charge in [0.25, 0.3) is 0 Å². The molecule has 25 heavy (non-hydrogen) atoms. The molecule has 132 valence electrons. The van der Waals surface area contributed by atoms with E-state index in [2.05, 4.69) is 20.6 Å². The minimum absolute atomic E-state index is 0.00241. The first kappa shape index (κ1) is 18.5. The third-order valence-electron chi connectivity index (χ3n) is 3.30. The molecule has 0 aliphatic rings. The Hall–Kier alpha value is -2.87. The summed E-state index contributed by atoms with van der Waals surface area (Å²) in [4.78, 5) is 31.1. The molecule has 9 heteroatoms. The standard InChI is InChI=1S/C16H19ClN6O2/c17-12-9-14(23-16(19)22-12)21-11(8-10-4-2-1-3-5-10)15(25)20-7-6-13(18)24/h1-5,9,11H,6-8H2,(H2,18,24)(H,20,25)(H3,19,21,22,23)/t11-/m1/s1. The predicted molar refractivity (Wildman–Crippen MR) is 95.8 cm³/mol. The summed E-state index contributed by atoms with van der Waals surface area (Å²) in [7, 11) is 0. The van der Waals surface area contributed by atoms with Crippen molar-refractivity contribution in [3.63, 3.8) is 0 Å². The first-order valence-corrected chi connectivity index (χ1v) is 7.98. The highest BCUT2D eigenvalue weighted by Gasteiger charge is 2.20. The third-order valence-corrected chi connectivity index (χ3v) is 3.50. The van der Waals surface area contributed by atoms with E-state index in [-0.39, 0.29) is 30.0 Å². The third kappa shape index (κ3) is 6.27. The van der Waals surface area contributed by atoms with Crippen LogP contribution < -0.4 is 22.1 Å². The second-order valence-electron chi connectivity index (χ2n) is 5.33. The Balaban J connectivity index is 2.12. The van der Waals surface area contributed by atoms with Crippen molar-refractivity contribution in [2.24, 2.45) is 5.73 Å². The lowest BCUT2D eigenvalue weighted by atomic mass is 10.1. The van der Waals surface area contributed by atoms with Crippen LogP contribution in [0.3, 0.4) is 0 Å². The monoisotopic (exact) mass is 362 g/mol. The molecule has 0 unspecified atom stereocenters. The Morgan fingerprint density at radius 3 is 2.56 bits per heavy atom. The predicted octanol–water partition coefficient (Wildman–Crippen LogP) is 0.727. The van der Waals surface area contributed by atoms with Gasteiger partial charge in [-0.2, -0.15) is 4.98 Å². The molecule has 0 aliphatic heterocycles. The van der Waals surface area contributed by atoms with Crippen LogP contribution in [0.25, 0.3) is 0 Å². The van der Waals surface area contributed by atoms with Gasteiger partial charge in [0, 0.05) is 25.5 Å². The number of hydrogen-bond acceptors (Lipinski definition) is 6. The minimum Gasteiger partial charge on any atom is -0.370 e. The number of primary amides is 1. The molecule has 2 rings (SSSR count). The SMILES string of the molecule is NC(=O)CCNC(=O)[C@@H](Cc1ccccc1)Nc1cc(Cl)nc(N)n1. The average molecular weight is 363 g/mol. The maximum absolute atomic E-state index is 12.5. The van der Waals surface area contributed by atoms with E-state index in [9.17, 15) is 9.59 Å². The number of benzene rings is 1. The summed E-state index contributed by atoms with van der Waals surface area (Å²) in [6.45, 7) is 0.161. The number of amides is 2. The fourth-order valence-electron chi connectivity index (χ4n) is 2.18. The molecular weight excluding hydrogens is 344 g/mol. The van der Waals surface area contributed by atoms with Gasteiger partial charge in [-0.1, -0.05) is 41.9 Å². The first-order valence-electron chi connectivity index (χ1n) is 7.60. The molecule has 1 atom stereocenters. The Morgan fingerprint density at radius 2 is 1.92 bits per heavy atom. The number of nitrogens with one attached hydrogen (secondary N) is 2. The van der Waals surface area contributed by atoms with E-state index >= 15 is 0 Å². The molecule has 0 spiro atoms. The van der Waals surface area contributed by atoms with Crippen molar-refractivity contribution in [1.82, 2.24) is 15.3 Å². The number of halogens is 1. The summed E-state index contributed by atoms with van der Waals surface area (Å²) in [5.74, 6) is -0.437. The molecule has 0 fully saturated rings. The summed E-state index contributed by atoms with van der Waals surface area (Å²) in [5.41, 5.74) is 11.6. The number of aromatic nitrogens is 2. The van der Waals surface area contributed by atoms with E-state index in [4.69, 9.17) is 23.1 Å². The van der Waals surface area contributed by atoms with Crippen LogP contribution in [0.4, 0.5) is 11.8 Å². The highest BCUT2D eigenvalue weighted by molar-refractivity contribution is 6.29. The van der Waals surface area contributed by atoms with Gasteiger partial charge in [-0.25, -0.2) is 4.98 Å². The number of carbonyl (C=O) groups excluding carboxylic acids is 2. The quantitative estimate of drug-likeness (QED) is 0.511. The average Bonchev–Trinajstić information content (AvgIpc) is 2.54. The lowest BCUT2D eigenvalue weighted by molar-refractivity contribution is -0.122. The lowest BCUT2D eigenvalue weighted by Crippen LogP contribution is -2.42. The second kappa shape index (κ2) is 8.84. The Labute approximate surface area is 150 Å². The largest absolute Gasteiger partial charge is 0.370 e. The van der Waals surface area contributed by atoms with E-state index in [1.807, 2.05) is 30.3 Å². The fraction of sp³-hybridized carbons (Fsp3) is 0.250. The van der Waals surface area contributed by atoms with Crippen molar-refractivity contribution in [1.29, 1.82) is 0 Å². The molecule has 6 N–H and O–H groups in total. The van der Waals surface area contributed by atoms with Crippen LogP contribution in [-0.2, 0) is 16.0 Å². The molecular formula is C16H19ClN6O2. The Bertz CT molecular complexity index is 720. The topological polar surface area (TPSA) is 136 Å². The van der Waals surface area contributed by atoms with Crippen LogP contribution in [0.2, 0.25) is 5.15 Å². The Morgan fingerprint density at radius 1 is 1.20 bits per heavy atom. The smallest absolute Gasteiger partial charge is 0.242 e. The van der Waals surface area contributed by atoms with Crippen LogP contribution in [0.5, 0.6) is 0 Å². The number of nitrogen functional groups attached to an aromatic ring is 1. The van der Waals surface area contributed by atoms with Crippen LogP contribution in [0.1, 0.15) is 12.0 Å². The zero-order valence-electron chi connectivity index (χ0n) is 13.4. The summed E-state index contributed by atoms with van der Waals surface area (Å²) < 4.78 is 0. The molecule has 0 saturated heterocycles. The molecule has 0 bridgehead atoms. The van der Waals surface area contributed by atoms with E-state index < -0.39 is 11.9 Å². The van der Waals surface area contributed by atoms with Gasteiger partial charge >= 0.3 is 0 Å². The lowest BCUT2D eigenvalue weighted by Gasteiger charge is -2.19. The second-order valence-corrected chi connectivity index (χ2v) is 5.72. The highest BCUT2D eigenvalue weighted by Crippen LogP contribution is 2.15. The number of carbonyl (C=O) groups is 2. The molecule has 0 saturated carbocycles. The van der Waals surface area contributed by atoms with Crippen molar-refractivity contribution in [2.75, 3.05) is 17.6 Å². The zero-order valence-corrected chi connectivity index (χ0v) is 14.2. The van der Waals surface area contributed by atoms with Crippen molar-refractivity contribution >= 4 is 35.2 Å². The summed E-state index contributed by atoms with van der Waals surface area (Å²) >= 11 is 5.87. The van der Waals surface area contributed by atoms with Crippen molar-refractivity contribution in [3.05, 3.63) is 47.1 Å². The van der Waals surface area contributed by atoms with Crippen LogP contribution in [-0.4, -0.2) is 34.4 Å². The summed E-state index contributed by atoms with van der Waals surface area (Å²) in [6, 6.07) is 10.3. The summed E-state index contributed by atoms with van der Waals surface area (Å²) in [6.07, 6.45) is 0.473. The van der Waals surface area contributed by atoms with E-state index in [0.717, 1.165) is 5.56 Å². The number of nitrogens with two attached hydrogens (primary N) is 2. The molecule has 1 aromatic carbocycles. The van der Waals surface area contributed by atoms with Crippen LogP contribution in [0.15, 0.2) is 36.4 Å². The van der Waals surface area contributed by atoms with Crippen molar-refractivity contribution < 1.29 is 9.59 Å². The van der Waals surface area contributed by atoms with Gasteiger partial charge < -0.3 is 22.1 Å². The van der Waals surface area contributed by atoms with Gasteiger partial charge in [-0.05, 0) is 5.56 Å².